The zero-order chi connectivity index (χ0) is 26.8. The van der Waals surface area contributed by atoms with Gasteiger partial charge >= 0.3 is 0 Å². The molecule has 0 spiro atoms. The van der Waals surface area contributed by atoms with Crippen LogP contribution < -0.4 is 0 Å². The van der Waals surface area contributed by atoms with E-state index in [9.17, 15) is 9.90 Å². The molecule has 3 aromatic carbocycles. The first-order valence-electron chi connectivity index (χ1n) is 13.5. The average molecular weight is 517 g/mol. The molecule has 6 nitrogen and oxygen atoms in total. The number of phenols is 1. The Morgan fingerprint density at radius 3 is 2.41 bits per heavy atom. The Kier molecular flexibility index (Phi) is 6.86. The van der Waals surface area contributed by atoms with Gasteiger partial charge in [-0.05, 0) is 41.8 Å². The number of rotatable bonds is 6. The fourth-order valence-electron chi connectivity index (χ4n) is 5.50. The first kappa shape index (κ1) is 24.9. The third-order valence-electron chi connectivity index (χ3n) is 7.87. The lowest BCUT2D eigenvalue weighted by Gasteiger charge is -2.38. The van der Waals surface area contributed by atoms with Gasteiger partial charge in [0.25, 0.3) is 0 Å². The van der Waals surface area contributed by atoms with E-state index in [-0.39, 0.29) is 11.7 Å². The highest BCUT2D eigenvalue weighted by molar-refractivity contribution is 5.89. The quantitative estimate of drug-likeness (QED) is 0.288. The highest BCUT2D eigenvalue weighted by Crippen LogP contribution is 2.38. The number of amides is 1. The maximum absolute atomic E-state index is 13.1. The zero-order valence-electron chi connectivity index (χ0n) is 22.0. The van der Waals surface area contributed by atoms with Gasteiger partial charge in [0.05, 0.1) is 23.8 Å². The predicted molar refractivity (Wildman–Crippen MR) is 155 cm³/mol. The van der Waals surface area contributed by atoms with Crippen LogP contribution in [0.3, 0.4) is 0 Å². The number of phenolic OH excluding ortho intramolecular Hbond substituents is 1. The minimum absolute atomic E-state index is 0.160. The van der Waals surface area contributed by atoms with E-state index >= 15 is 0 Å². The van der Waals surface area contributed by atoms with Crippen LogP contribution >= 0.6 is 0 Å². The number of aromatic nitrogens is 2. The monoisotopic (exact) mass is 516 g/mol. The summed E-state index contributed by atoms with van der Waals surface area (Å²) in [6.45, 7) is 5.49. The summed E-state index contributed by atoms with van der Waals surface area (Å²) in [6, 6.07) is 28.6. The molecule has 1 aliphatic rings. The third kappa shape index (κ3) is 5.16. The number of benzene rings is 3. The van der Waals surface area contributed by atoms with Crippen LogP contribution in [0.15, 0.2) is 97.3 Å². The Labute approximate surface area is 228 Å². The van der Waals surface area contributed by atoms with E-state index in [2.05, 4.69) is 46.1 Å². The molecule has 2 aromatic heterocycles. The molecule has 5 aromatic rings. The second kappa shape index (κ2) is 10.8. The van der Waals surface area contributed by atoms with E-state index in [1.807, 2.05) is 65.6 Å². The number of hydrogen-bond acceptors (Lipinski definition) is 4. The smallest absolute Gasteiger partial charge is 0.227 e. The van der Waals surface area contributed by atoms with Crippen LogP contribution in [-0.4, -0.2) is 57.0 Å². The molecule has 1 amide bonds. The fourth-order valence-corrected chi connectivity index (χ4v) is 5.50. The summed E-state index contributed by atoms with van der Waals surface area (Å²) in [5.74, 6) is 0.386. The molecule has 0 radical (unpaired) electrons. The minimum Gasteiger partial charge on any atom is -0.507 e. The van der Waals surface area contributed by atoms with Gasteiger partial charge in [-0.2, -0.15) is 0 Å². The van der Waals surface area contributed by atoms with Crippen LogP contribution in [0, 0.1) is 0 Å². The molecule has 1 atom stereocenters. The Morgan fingerprint density at radius 1 is 0.923 bits per heavy atom. The standard InChI is InChI=1S/C33H32N4O2/c1-23(25-6-3-2-4-7-25)36-16-18-37(19-17-36)32(38)20-24-10-12-26(13-11-24)28-8-5-9-29(33(28)39)30-21-27-14-15-34-22-31(27)35-30/h2-15,21-23,35,39H,16-20H2,1H3. The van der Waals surface area contributed by atoms with Crippen molar-refractivity contribution in [2.75, 3.05) is 26.2 Å². The number of fused-ring (bicyclic) bond motifs is 1. The van der Waals surface area contributed by atoms with Crippen molar-refractivity contribution >= 4 is 16.8 Å². The molecule has 2 N–H and O–H groups in total. The van der Waals surface area contributed by atoms with Crippen molar-refractivity contribution < 1.29 is 9.90 Å². The van der Waals surface area contributed by atoms with Crippen molar-refractivity contribution in [2.24, 2.45) is 0 Å². The largest absolute Gasteiger partial charge is 0.507 e. The van der Waals surface area contributed by atoms with Gasteiger partial charge in [0.2, 0.25) is 5.91 Å². The summed E-state index contributed by atoms with van der Waals surface area (Å²) in [4.78, 5) is 25.0. The first-order valence-corrected chi connectivity index (χ1v) is 13.5. The summed E-state index contributed by atoms with van der Waals surface area (Å²) < 4.78 is 0. The minimum atomic E-state index is 0.160. The van der Waals surface area contributed by atoms with Gasteiger partial charge in [-0.15, -0.1) is 0 Å². The second-order valence-corrected chi connectivity index (χ2v) is 10.2. The van der Waals surface area contributed by atoms with Crippen LogP contribution in [0.1, 0.15) is 24.1 Å². The molecule has 6 heteroatoms. The predicted octanol–water partition coefficient (Wildman–Crippen LogP) is 6.05. The lowest BCUT2D eigenvalue weighted by molar-refractivity contribution is -0.132. The molecular weight excluding hydrogens is 484 g/mol. The molecule has 1 aliphatic heterocycles. The van der Waals surface area contributed by atoms with Gasteiger partial charge in [0.1, 0.15) is 5.75 Å². The van der Waals surface area contributed by atoms with Gasteiger partial charge in [0, 0.05) is 54.9 Å². The number of piperazine rings is 1. The fraction of sp³-hybridized carbons (Fsp3) is 0.212. The SMILES string of the molecule is CC(c1ccccc1)N1CCN(C(=O)Cc2ccc(-c3cccc(-c4cc5ccncc5[nH]4)c3O)cc2)CC1. The molecule has 39 heavy (non-hydrogen) atoms. The Morgan fingerprint density at radius 2 is 1.67 bits per heavy atom. The number of H-pyrrole nitrogens is 1. The van der Waals surface area contributed by atoms with Crippen LogP contribution in [-0.2, 0) is 11.2 Å². The molecule has 6 rings (SSSR count). The molecule has 3 heterocycles. The Hall–Kier alpha value is -4.42. The lowest BCUT2D eigenvalue weighted by Crippen LogP contribution is -2.49. The Bertz CT molecular complexity index is 1550. The lowest BCUT2D eigenvalue weighted by atomic mass is 9.98. The van der Waals surface area contributed by atoms with E-state index in [0.717, 1.165) is 65.0 Å². The molecule has 1 fully saturated rings. The van der Waals surface area contributed by atoms with Crippen molar-refractivity contribution in [2.45, 2.75) is 19.4 Å². The van der Waals surface area contributed by atoms with Gasteiger partial charge in [-0.1, -0.05) is 66.7 Å². The number of pyridine rings is 1. The van der Waals surface area contributed by atoms with Gasteiger partial charge in [-0.3, -0.25) is 14.7 Å². The summed E-state index contributed by atoms with van der Waals surface area (Å²) in [5, 5.41) is 12.2. The molecule has 1 saturated heterocycles. The summed E-state index contributed by atoms with van der Waals surface area (Å²) in [5.41, 5.74) is 6.47. The number of nitrogens with one attached hydrogen (secondary N) is 1. The van der Waals surface area contributed by atoms with Gasteiger partial charge < -0.3 is 15.0 Å². The highest BCUT2D eigenvalue weighted by atomic mass is 16.3. The second-order valence-electron chi connectivity index (χ2n) is 10.2. The topological polar surface area (TPSA) is 72.5 Å². The molecule has 196 valence electrons. The number of aromatic hydroxyl groups is 1. The molecule has 0 aliphatic carbocycles. The zero-order valence-corrected chi connectivity index (χ0v) is 22.0. The van der Waals surface area contributed by atoms with Crippen molar-refractivity contribution in [3.05, 3.63) is 108 Å². The van der Waals surface area contributed by atoms with E-state index in [0.29, 0.717) is 12.5 Å². The number of nitrogens with zero attached hydrogens (tertiary/aromatic N) is 3. The van der Waals surface area contributed by atoms with E-state index in [1.54, 1.807) is 12.4 Å². The average Bonchev–Trinajstić information content (AvgIpc) is 3.42. The summed E-state index contributed by atoms with van der Waals surface area (Å²) in [7, 11) is 0. The molecule has 1 unspecified atom stereocenters. The van der Waals surface area contributed by atoms with Gasteiger partial charge in [0.15, 0.2) is 0 Å². The van der Waals surface area contributed by atoms with Crippen molar-refractivity contribution in [1.82, 2.24) is 19.8 Å². The summed E-state index contributed by atoms with van der Waals surface area (Å²) >= 11 is 0. The highest BCUT2D eigenvalue weighted by Gasteiger charge is 2.24. The first-order chi connectivity index (χ1) is 19.1. The number of carbonyl (C=O) groups excluding carboxylic acids is 1. The number of hydrogen-bond donors (Lipinski definition) is 2. The van der Waals surface area contributed by atoms with E-state index in [4.69, 9.17) is 0 Å². The van der Waals surface area contributed by atoms with Crippen LogP contribution in [0.25, 0.3) is 33.3 Å². The Balaban J connectivity index is 1.10. The molecule has 0 bridgehead atoms. The van der Waals surface area contributed by atoms with Crippen LogP contribution in [0.2, 0.25) is 0 Å². The molecule has 0 saturated carbocycles. The van der Waals surface area contributed by atoms with Crippen LogP contribution in [0.5, 0.6) is 5.75 Å². The van der Waals surface area contributed by atoms with Crippen molar-refractivity contribution in [3.63, 3.8) is 0 Å². The van der Waals surface area contributed by atoms with Crippen molar-refractivity contribution in [1.29, 1.82) is 0 Å². The normalized spacial score (nSPS) is 14.9. The number of carbonyl (C=O) groups is 1. The van der Waals surface area contributed by atoms with Crippen LogP contribution in [0.4, 0.5) is 0 Å². The maximum atomic E-state index is 13.1. The maximum Gasteiger partial charge on any atom is 0.227 e. The van der Waals surface area contributed by atoms with Crippen molar-refractivity contribution in [3.8, 4) is 28.1 Å². The van der Waals surface area contributed by atoms with E-state index in [1.165, 1.54) is 5.56 Å². The van der Waals surface area contributed by atoms with E-state index < -0.39 is 0 Å². The summed E-state index contributed by atoms with van der Waals surface area (Å²) in [6.07, 6.45) is 3.92. The molecular formula is C33H32N4O2. The number of para-hydroxylation sites is 1. The number of aromatic amines is 1. The third-order valence-corrected chi connectivity index (χ3v) is 7.87. The van der Waals surface area contributed by atoms with Gasteiger partial charge in [-0.25, -0.2) is 0 Å².